The SMILES string of the molecule is COC(=O)c1ccc(CN2C(=O)N/C(=C\c3cc(I)c(OC(C)C)c(OC)c3)C2=O)o1. The van der Waals surface area contributed by atoms with Crippen molar-refractivity contribution in [2.24, 2.45) is 0 Å². The molecule has 9 nitrogen and oxygen atoms in total. The average Bonchev–Trinajstić information content (AvgIpc) is 3.29. The number of carbonyl (C=O) groups excluding carboxylic acids is 3. The summed E-state index contributed by atoms with van der Waals surface area (Å²) in [7, 11) is 2.77. The lowest BCUT2D eigenvalue weighted by molar-refractivity contribution is -0.123. The maximum Gasteiger partial charge on any atom is 0.373 e. The summed E-state index contributed by atoms with van der Waals surface area (Å²) in [6.07, 6.45) is 1.53. The van der Waals surface area contributed by atoms with Gasteiger partial charge in [0.1, 0.15) is 11.5 Å². The van der Waals surface area contributed by atoms with Crippen molar-refractivity contribution in [3.05, 3.63) is 50.6 Å². The standard InChI is InChI=1S/C21H21IN2O7/c1-11(2)30-18-14(22)7-12(9-17(18)28-3)8-15-19(25)24(21(27)23-15)10-13-5-6-16(31-13)20(26)29-4/h5-9,11H,10H2,1-4H3,(H,23,27)/b15-8-. The van der Waals surface area contributed by atoms with Crippen LogP contribution in [0.3, 0.4) is 0 Å². The molecular formula is C21H21IN2O7. The number of methoxy groups -OCH3 is 2. The Balaban J connectivity index is 1.82. The number of amides is 3. The molecule has 1 aliphatic rings. The molecule has 164 valence electrons. The zero-order valence-electron chi connectivity index (χ0n) is 17.4. The Labute approximate surface area is 192 Å². The van der Waals surface area contributed by atoms with E-state index in [1.807, 2.05) is 19.9 Å². The van der Waals surface area contributed by atoms with Gasteiger partial charge in [-0.1, -0.05) is 0 Å². The van der Waals surface area contributed by atoms with E-state index < -0.39 is 17.9 Å². The molecular weight excluding hydrogens is 519 g/mol. The summed E-state index contributed by atoms with van der Waals surface area (Å²) < 4.78 is 21.9. The lowest BCUT2D eigenvalue weighted by Crippen LogP contribution is -2.30. The maximum absolute atomic E-state index is 12.8. The molecule has 0 spiro atoms. The highest BCUT2D eigenvalue weighted by atomic mass is 127. The maximum atomic E-state index is 12.8. The minimum atomic E-state index is -0.641. The van der Waals surface area contributed by atoms with Crippen LogP contribution in [0, 0.1) is 3.57 Å². The van der Waals surface area contributed by atoms with Crippen molar-refractivity contribution in [1.29, 1.82) is 0 Å². The van der Waals surface area contributed by atoms with E-state index in [2.05, 4.69) is 32.6 Å². The molecule has 2 aromatic rings. The van der Waals surface area contributed by atoms with Crippen molar-refractivity contribution in [3.63, 3.8) is 0 Å². The van der Waals surface area contributed by atoms with Crippen LogP contribution in [0.1, 0.15) is 35.7 Å². The number of urea groups is 1. The second-order valence-corrected chi connectivity index (χ2v) is 8.00. The van der Waals surface area contributed by atoms with E-state index in [0.717, 1.165) is 8.47 Å². The quantitative estimate of drug-likeness (QED) is 0.248. The van der Waals surface area contributed by atoms with Crippen molar-refractivity contribution in [2.45, 2.75) is 26.5 Å². The molecule has 1 fully saturated rings. The second-order valence-electron chi connectivity index (χ2n) is 6.84. The Morgan fingerprint density at radius 3 is 2.65 bits per heavy atom. The van der Waals surface area contributed by atoms with E-state index in [-0.39, 0.29) is 29.9 Å². The molecule has 1 saturated heterocycles. The van der Waals surface area contributed by atoms with Crippen molar-refractivity contribution in [2.75, 3.05) is 14.2 Å². The summed E-state index contributed by atoms with van der Waals surface area (Å²) in [5, 5.41) is 2.56. The number of hydrogen-bond acceptors (Lipinski definition) is 7. The normalized spacial score (nSPS) is 14.9. The molecule has 0 saturated carbocycles. The van der Waals surface area contributed by atoms with Gasteiger partial charge in [0.15, 0.2) is 11.5 Å². The number of imide groups is 1. The molecule has 0 unspecified atom stereocenters. The second kappa shape index (κ2) is 9.41. The first kappa shape index (κ1) is 22.7. The monoisotopic (exact) mass is 540 g/mol. The highest BCUT2D eigenvalue weighted by Gasteiger charge is 2.34. The molecule has 1 aromatic carbocycles. The third-order valence-corrected chi connectivity index (χ3v) is 5.04. The number of nitrogens with zero attached hydrogens (tertiary/aromatic N) is 1. The lowest BCUT2D eigenvalue weighted by atomic mass is 10.1. The molecule has 0 radical (unpaired) electrons. The number of rotatable bonds is 7. The fourth-order valence-corrected chi connectivity index (χ4v) is 3.64. The van der Waals surface area contributed by atoms with E-state index >= 15 is 0 Å². The summed E-state index contributed by atoms with van der Waals surface area (Å²) in [5.74, 6) is 0.243. The zero-order valence-corrected chi connectivity index (χ0v) is 19.5. The van der Waals surface area contributed by atoms with Gasteiger partial charge in [-0.2, -0.15) is 0 Å². The number of nitrogens with one attached hydrogen (secondary N) is 1. The zero-order chi connectivity index (χ0) is 22.7. The van der Waals surface area contributed by atoms with Crippen molar-refractivity contribution in [1.82, 2.24) is 10.2 Å². The largest absolute Gasteiger partial charge is 0.493 e. The summed E-state index contributed by atoms with van der Waals surface area (Å²) in [6, 6.07) is 5.89. The van der Waals surface area contributed by atoms with E-state index in [4.69, 9.17) is 13.9 Å². The van der Waals surface area contributed by atoms with Gasteiger partial charge in [0.25, 0.3) is 5.91 Å². The Kier molecular flexibility index (Phi) is 6.88. The van der Waals surface area contributed by atoms with Crippen LogP contribution in [-0.4, -0.2) is 43.1 Å². The van der Waals surface area contributed by atoms with Crippen LogP contribution < -0.4 is 14.8 Å². The van der Waals surface area contributed by atoms with Gasteiger partial charge in [0, 0.05) is 0 Å². The van der Waals surface area contributed by atoms with Crippen molar-refractivity contribution in [3.8, 4) is 11.5 Å². The summed E-state index contributed by atoms with van der Waals surface area (Å²) in [4.78, 5) is 37.6. The number of furan rings is 1. The van der Waals surface area contributed by atoms with Gasteiger partial charge in [-0.3, -0.25) is 9.69 Å². The van der Waals surface area contributed by atoms with Crippen molar-refractivity contribution >= 4 is 46.6 Å². The Hall–Kier alpha value is -3.02. The van der Waals surface area contributed by atoms with E-state index in [9.17, 15) is 14.4 Å². The van der Waals surface area contributed by atoms with Crippen molar-refractivity contribution < 1.29 is 33.0 Å². The Bertz CT molecular complexity index is 1060. The molecule has 2 heterocycles. The molecule has 0 bridgehead atoms. The van der Waals surface area contributed by atoms with E-state index in [1.165, 1.54) is 26.4 Å². The summed E-state index contributed by atoms with van der Waals surface area (Å²) in [6.45, 7) is 3.71. The fourth-order valence-electron chi connectivity index (χ4n) is 2.88. The van der Waals surface area contributed by atoms with Crippen LogP contribution in [0.2, 0.25) is 0 Å². The third-order valence-electron chi connectivity index (χ3n) is 4.24. The molecule has 1 N–H and O–H groups in total. The molecule has 0 atom stereocenters. The van der Waals surface area contributed by atoms with E-state index in [1.54, 1.807) is 12.1 Å². The Morgan fingerprint density at radius 1 is 1.26 bits per heavy atom. The van der Waals surface area contributed by atoms with Gasteiger partial charge >= 0.3 is 12.0 Å². The Morgan fingerprint density at radius 2 is 2.00 bits per heavy atom. The third kappa shape index (κ3) is 5.01. The fraction of sp³-hybridized carbons (Fsp3) is 0.286. The van der Waals surface area contributed by atoms with Crippen LogP contribution in [-0.2, 0) is 16.1 Å². The molecule has 0 aliphatic carbocycles. The van der Waals surface area contributed by atoms with E-state index in [0.29, 0.717) is 17.1 Å². The van der Waals surface area contributed by atoms with Gasteiger partial charge in [-0.15, -0.1) is 0 Å². The first-order valence-electron chi connectivity index (χ1n) is 9.29. The highest BCUT2D eigenvalue weighted by Crippen LogP contribution is 2.35. The van der Waals surface area contributed by atoms with Crippen LogP contribution in [0.25, 0.3) is 6.08 Å². The number of benzene rings is 1. The predicted molar refractivity (Wildman–Crippen MR) is 119 cm³/mol. The van der Waals surface area contributed by atoms with Gasteiger partial charge in [-0.25, -0.2) is 9.59 Å². The van der Waals surface area contributed by atoms with Crippen LogP contribution in [0.15, 0.2) is 34.4 Å². The first-order valence-corrected chi connectivity index (χ1v) is 10.4. The number of halogens is 1. The predicted octanol–water partition coefficient (Wildman–Crippen LogP) is 3.56. The molecule has 3 amide bonds. The topological polar surface area (TPSA) is 107 Å². The number of carbonyl (C=O) groups is 3. The molecule has 3 rings (SSSR count). The first-order chi connectivity index (χ1) is 14.7. The molecule has 1 aromatic heterocycles. The lowest BCUT2D eigenvalue weighted by Gasteiger charge is -2.16. The smallest absolute Gasteiger partial charge is 0.373 e. The number of hydrogen-bond donors (Lipinski definition) is 1. The van der Waals surface area contributed by atoms with Gasteiger partial charge < -0.3 is 23.9 Å². The molecule has 10 heteroatoms. The minimum Gasteiger partial charge on any atom is -0.493 e. The molecule has 1 aliphatic heterocycles. The number of esters is 1. The van der Waals surface area contributed by atoms with Crippen LogP contribution in [0.5, 0.6) is 11.5 Å². The summed E-state index contributed by atoms with van der Waals surface area (Å²) >= 11 is 2.13. The summed E-state index contributed by atoms with van der Waals surface area (Å²) in [5.41, 5.74) is 0.772. The van der Waals surface area contributed by atoms with Gasteiger partial charge in [-0.05, 0) is 72.3 Å². The van der Waals surface area contributed by atoms with Crippen LogP contribution >= 0.6 is 22.6 Å². The highest BCUT2D eigenvalue weighted by molar-refractivity contribution is 14.1. The van der Waals surface area contributed by atoms with Crippen LogP contribution in [0.4, 0.5) is 4.79 Å². The number of ether oxygens (including phenoxy) is 3. The molecule has 31 heavy (non-hydrogen) atoms. The average molecular weight is 540 g/mol. The minimum absolute atomic E-state index is 0.00861. The van der Waals surface area contributed by atoms with Gasteiger partial charge in [0.05, 0.1) is 30.4 Å². The van der Waals surface area contributed by atoms with Gasteiger partial charge in [0.2, 0.25) is 5.76 Å².